The molecule has 0 radical (unpaired) electrons. The molecule has 0 unspecified atom stereocenters. The first-order valence-electron chi connectivity index (χ1n) is 5.96. The molecule has 2 aromatic rings. The lowest BCUT2D eigenvalue weighted by atomic mass is 10.2. The molecule has 0 aromatic heterocycles. The van der Waals surface area contributed by atoms with Gasteiger partial charge in [-0.25, -0.2) is 4.39 Å². The molecule has 0 aliphatic rings. The Hall–Kier alpha value is -2.14. The molecule has 2 N–H and O–H groups in total. The third kappa shape index (κ3) is 3.05. The van der Waals surface area contributed by atoms with Crippen molar-refractivity contribution in [1.29, 1.82) is 0 Å². The van der Waals surface area contributed by atoms with Gasteiger partial charge in [0.25, 0.3) is 0 Å². The Labute approximate surface area is 122 Å². The van der Waals surface area contributed by atoms with Gasteiger partial charge in [0.2, 0.25) is 0 Å². The standard InChI is InChI=1S/C15H14FNO2S/c1-18-13-8-4-5-10(14(13)16)9-19-12-7-3-2-6-11(12)15(17)20/h2-8H,9H2,1H3,(H2,17,20). The van der Waals surface area contributed by atoms with Gasteiger partial charge in [0.1, 0.15) is 17.3 Å². The summed E-state index contributed by atoms with van der Waals surface area (Å²) in [4.78, 5) is 0.242. The highest BCUT2D eigenvalue weighted by atomic mass is 32.1. The molecule has 2 aromatic carbocycles. The SMILES string of the molecule is COc1cccc(COc2ccccc2C(N)=S)c1F. The first-order valence-corrected chi connectivity index (χ1v) is 6.37. The van der Waals surface area contributed by atoms with E-state index >= 15 is 0 Å². The largest absolute Gasteiger partial charge is 0.494 e. The van der Waals surface area contributed by atoms with Gasteiger partial charge in [-0.3, -0.25) is 0 Å². The minimum absolute atomic E-state index is 0.0721. The summed E-state index contributed by atoms with van der Waals surface area (Å²) in [5.41, 5.74) is 6.65. The van der Waals surface area contributed by atoms with Crippen molar-refractivity contribution in [3.05, 3.63) is 59.4 Å². The van der Waals surface area contributed by atoms with Crippen LogP contribution < -0.4 is 15.2 Å². The number of hydrogen-bond acceptors (Lipinski definition) is 3. The Morgan fingerprint density at radius 2 is 1.85 bits per heavy atom. The van der Waals surface area contributed by atoms with Gasteiger partial charge in [0, 0.05) is 5.56 Å². The predicted octanol–water partition coefficient (Wildman–Crippen LogP) is 3.05. The van der Waals surface area contributed by atoms with Crippen molar-refractivity contribution < 1.29 is 13.9 Å². The van der Waals surface area contributed by atoms with Gasteiger partial charge >= 0.3 is 0 Å². The van der Waals surface area contributed by atoms with Gasteiger partial charge in [-0.2, -0.15) is 0 Å². The number of thiocarbonyl (C=S) groups is 1. The van der Waals surface area contributed by atoms with Gasteiger partial charge in [-0.05, 0) is 18.2 Å². The van der Waals surface area contributed by atoms with E-state index in [1.54, 1.807) is 36.4 Å². The highest BCUT2D eigenvalue weighted by Gasteiger charge is 2.10. The van der Waals surface area contributed by atoms with Crippen LogP contribution in [0, 0.1) is 5.82 Å². The molecule has 5 heteroatoms. The topological polar surface area (TPSA) is 44.5 Å². The molecule has 3 nitrogen and oxygen atoms in total. The van der Waals surface area contributed by atoms with Crippen molar-refractivity contribution in [2.45, 2.75) is 6.61 Å². The number of halogens is 1. The zero-order chi connectivity index (χ0) is 14.5. The molecule has 0 heterocycles. The quantitative estimate of drug-likeness (QED) is 0.860. The van der Waals surface area contributed by atoms with Gasteiger partial charge in [0.15, 0.2) is 11.6 Å². The summed E-state index contributed by atoms with van der Waals surface area (Å²) in [5.74, 6) is 0.291. The normalized spacial score (nSPS) is 10.1. The van der Waals surface area contributed by atoms with Crippen LogP contribution in [0.2, 0.25) is 0 Å². The lowest BCUT2D eigenvalue weighted by Gasteiger charge is -2.12. The number of benzene rings is 2. The van der Waals surface area contributed by atoms with Crippen LogP contribution in [-0.2, 0) is 6.61 Å². The highest BCUT2D eigenvalue weighted by Crippen LogP contribution is 2.23. The summed E-state index contributed by atoms with van der Waals surface area (Å²) in [7, 11) is 1.42. The molecule has 0 fully saturated rings. The Kier molecular flexibility index (Phi) is 4.53. The van der Waals surface area contributed by atoms with E-state index in [2.05, 4.69) is 0 Å². The Morgan fingerprint density at radius 3 is 2.55 bits per heavy atom. The van der Waals surface area contributed by atoms with E-state index in [1.807, 2.05) is 6.07 Å². The van der Waals surface area contributed by atoms with Crippen molar-refractivity contribution in [2.75, 3.05) is 7.11 Å². The number of para-hydroxylation sites is 1. The van der Waals surface area contributed by atoms with E-state index in [4.69, 9.17) is 27.4 Å². The van der Waals surface area contributed by atoms with Gasteiger partial charge in [-0.1, -0.05) is 36.5 Å². The van der Waals surface area contributed by atoms with Gasteiger partial charge in [-0.15, -0.1) is 0 Å². The Bertz CT molecular complexity index is 631. The second-order valence-electron chi connectivity index (χ2n) is 4.08. The first-order chi connectivity index (χ1) is 9.63. The monoisotopic (exact) mass is 291 g/mol. The molecule has 104 valence electrons. The number of hydrogen-bond donors (Lipinski definition) is 1. The summed E-state index contributed by atoms with van der Waals surface area (Å²) in [6.45, 7) is 0.0721. The molecule has 0 atom stereocenters. The Morgan fingerprint density at radius 1 is 1.15 bits per heavy atom. The summed E-state index contributed by atoms with van der Waals surface area (Å²) in [6.07, 6.45) is 0. The molecule has 0 bridgehead atoms. The van der Waals surface area contributed by atoms with E-state index < -0.39 is 5.82 Å². The zero-order valence-corrected chi connectivity index (χ0v) is 11.7. The van der Waals surface area contributed by atoms with Crippen LogP contribution in [0.5, 0.6) is 11.5 Å². The predicted molar refractivity (Wildman–Crippen MR) is 79.6 cm³/mol. The molecular weight excluding hydrogens is 277 g/mol. The third-order valence-electron chi connectivity index (χ3n) is 2.80. The van der Waals surface area contributed by atoms with E-state index in [-0.39, 0.29) is 17.3 Å². The number of ether oxygens (including phenoxy) is 2. The summed E-state index contributed by atoms with van der Waals surface area (Å²) in [5, 5.41) is 0. The fourth-order valence-corrected chi connectivity index (χ4v) is 1.95. The highest BCUT2D eigenvalue weighted by molar-refractivity contribution is 7.80. The lowest BCUT2D eigenvalue weighted by molar-refractivity contribution is 0.295. The third-order valence-corrected chi connectivity index (χ3v) is 3.02. The van der Waals surface area contributed by atoms with Crippen molar-refractivity contribution in [1.82, 2.24) is 0 Å². The maximum Gasteiger partial charge on any atom is 0.171 e. The summed E-state index contributed by atoms with van der Waals surface area (Å²) < 4.78 is 24.5. The average molecular weight is 291 g/mol. The van der Waals surface area contributed by atoms with Crippen LogP contribution in [0.4, 0.5) is 4.39 Å². The van der Waals surface area contributed by atoms with Crippen molar-refractivity contribution in [2.24, 2.45) is 5.73 Å². The second kappa shape index (κ2) is 6.34. The summed E-state index contributed by atoms with van der Waals surface area (Å²) in [6, 6.07) is 12.0. The first kappa shape index (κ1) is 14.3. The molecule has 0 spiro atoms. The molecule has 2 rings (SSSR count). The maximum atomic E-state index is 14.0. The lowest BCUT2D eigenvalue weighted by Crippen LogP contribution is -2.11. The van der Waals surface area contributed by atoms with Crippen LogP contribution in [0.25, 0.3) is 0 Å². The van der Waals surface area contributed by atoms with Crippen LogP contribution >= 0.6 is 12.2 Å². The fourth-order valence-electron chi connectivity index (χ4n) is 1.78. The molecule has 0 aliphatic carbocycles. The molecule has 20 heavy (non-hydrogen) atoms. The second-order valence-corrected chi connectivity index (χ2v) is 4.52. The van der Waals surface area contributed by atoms with Crippen LogP contribution in [-0.4, -0.2) is 12.1 Å². The van der Waals surface area contributed by atoms with E-state index in [0.717, 1.165) is 0 Å². The molecule has 0 aliphatic heterocycles. The van der Waals surface area contributed by atoms with Crippen molar-refractivity contribution in [3.8, 4) is 11.5 Å². The van der Waals surface area contributed by atoms with Crippen molar-refractivity contribution >= 4 is 17.2 Å². The summed E-state index contributed by atoms with van der Waals surface area (Å²) >= 11 is 4.95. The zero-order valence-electron chi connectivity index (χ0n) is 10.9. The van der Waals surface area contributed by atoms with Crippen LogP contribution in [0.15, 0.2) is 42.5 Å². The molecular formula is C15H14FNO2S. The van der Waals surface area contributed by atoms with Crippen LogP contribution in [0.3, 0.4) is 0 Å². The number of nitrogens with two attached hydrogens (primary N) is 1. The van der Waals surface area contributed by atoms with Gasteiger partial charge in [0.05, 0.1) is 12.7 Å². The van der Waals surface area contributed by atoms with Crippen LogP contribution in [0.1, 0.15) is 11.1 Å². The van der Waals surface area contributed by atoms with Gasteiger partial charge < -0.3 is 15.2 Å². The van der Waals surface area contributed by atoms with Crippen molar-refractivity contribution in [3.63, 3.8) is 0 Å². The number of methoxy groups -OCH3 is 1. The molecule has 0 saturated heterocycles. The molecule has 0 saturated carbocycles. The fraction of sp³-hybridized carbons (Fsp3) is 0.133. The maximum absolute atomic E-state index is 14.0. The Balaban J connectivity index is 2.19. The van der Waals surface area contributed by atoms with E-state index in [0.29, 0.717) is 16.9 Å². The number of rotatable bonds is 5. The minimum atomic E-state index is -0.428. The molecule has 0 amide bonds. The average Bonchev–Trinajstić information content (AvgIpc) is 2.46. The van der Waals surface area contributed by atoms with E-state index in [9.17, 15) is 4.39 Å². The smallest absolute Gasteiger partial charge is 0.171 e. The minimum Gasteiger partial charge on any atom is -0.494 e. The van der Waals surface area contributed by atoms with E-state index in [1.165, 1.54) is 7.11 Å².